The van der Waals surface area contributed by atoms with Crippen molar-refractivity contribution in [3.63, 3.8) is 0 Å². The summed E-state index contributed by atoms with van der Waals surface area (Å²) in [6, 6.07) is 11.3. The second kappa shape index (κ2) is 6.75. The van der Waals surface area contributed by atoms with E-state index in [0.29, 0.717) is 11.1 Å². The highest BCUT2D eigenvalue weighted by Gasteiger charge is 2.12. The zero-order chi connectivity index (χ0) is 19.8. The molecule has 0 spiro atoms. The van der Waals surface area contributed by atoms with E-state index in [-0.39, 0.29) is 15.7 Å². The van der Waals surface area contributed by atoms with Crippen LogP contribution in [-0.2, 0) is 19.7 Å². The predicted molar refractivity (Wildman–Crippen MR) is 104 cm³/mol. The molecule has 2 N–H and O–H groups in total. The molecule has 2 heterocycles. The van der Waals surface area contributed by atoms with Gasteiger partial charge in [-0.3, -0.25) is 0 Å². The summed E-state index contributed by atoms with van der Waals surface area (Å²) in [6.07, 6.45) is 5.26. The Morgan fingerprint density at radius 3 is 1.85 bits per heavy atom. The predicted octanol–water partition coefficient (Wildman–Crippen LogP) is 2.20. The van der Waals surface area contributed by atoms with Gasteiger partial charge in [-0.1, -0.05) is 12.1 Å². The Labute approximate surface area is 157 Å². The number of rotatable bonds is 4. The second-order valence-corrected chi connectivity index (χ2v) is 10.1. The molecular weight excluding hydrogens is 386 g/mol. The molecule has 0 aliphatic heterocycles. The van der Waals surface area contributed by atoms with Crippen LogP contribution in [0.1, 0.15) is 0 Å². The molecule has 3 rings (SSSR count). The topological polar surface area (TPSA) is 120 Å². The van der Waals surface area contributed by atoms with E-state index in [9.17, 15) is 16.8 Å². The molecule has 0 aliphatic rings. The smallest absolute Gasteiger partial charge is 0.192 e. The summed E-state index contributed by atoms with van der Waals surface area (Å²) in [4.78, 5) is 8.39. The fourth-order valence-corrected chi connectivity index (χ4v) is 3.71. The lowest BCUT2D eigenvalue weighted by Crippen LogP contribution is -2.01. The number of pyridine rings is 2. The molecule has 0 aliphatic carbocycles. The Kier molecular flexibility index (Phi) is 4.75. The van der Waals surface area contributed by atoms with E-state index in [1.54, 1.807) is 30.5 Å². The summed E-state index contributed by atoms with van der Waals surface area (Å²) < 4.78 is 46.3. The standard InChI is InChI=1S/C18H17N3O4S2/c1-26(22,23)15-6-3-12(4-7-15)14-9-16(18(19)21-11-14)13-5-8-17(20-10-13)27(2,24)25/h3-11H,1-2H3,(H2,19,21). The molecule has 1 aromatic carbocycles. The minimum Gasteiger partial charge on any atom is -0.383 e. The van der Waals surface area contributed by atoms with Gasteiger partial charge in [0.1, 0.15) is 5.82 Å². The maximum atomic E-state index is 11.6. The van der Waals surface area contributed by atoms with Crippen LogP contribution in [0.5, 0.6) is 0 Å². The van der Waals surface area contributed by atoms with Crippen molar-refractivity contribution in [3.05, 3.63) is 54.9 Å². The van der Waals surface area contributed by atoms with Gasteiger partial charge in [0.15, 0.2) is 24.7 Å². The van der Waals surface area contributed by atoms with Crippen LogP contribution in [0.25, 0.3) is 22.3 Å². The number of hydrogen-bond acceptors (Lipinski definition) is 7. The Morgan fingerprint density at radius 1 is 0.741 bits per heavy atom. The highest BCUT2D eigenvalue weighted by atomic mass is 32.2. The van der Waals surface area contributed by atoms with Gasteiger partial charge in [-0.05, 0) is 35.9 Å². The van der Waals surface area contributed by atoms with E-state index in [1.165, 1.54) is 24.4 Å². The van der Waals surface area contributed by atoms with Crippen LogP contribution in [0.3, 0.4) is 0 Å². The summed E-state index contributed by atoms with van der Waals surface area (Å²) >= 11 is 0. The number of benzene rings is 1. The lowest BCUT2D eigenvalue weighted by molar-refractivity contribution is 0.597. The van der Waals surface area contributed by atoms with Crippen molar-refractivity contribution in [2.45, 2.75) is 9.92 Å². The third-order valence-corrected chi connectivity index (χ3v) is 6.09. The highest BCUT2D eigenvalue weighted by Crippen LogP contribution is 2.30. The average Bonchev–Trinajstić information content (AvgIpc) is 2.61. The molecule has 0 saturated heterocycles. The number of anilines is 1. The van der Waals surface area contributed by atoms with Gasteiger partial charge in [0.25, 0.3) is 0 Å². The minimum atomic E-state index is -3.39. The third kappa shape index (κ3) is 4.15. The molecule has 0 amide bonds. The summed E-state index contributed by atoms with van der Waals surface area (Å²) in [6.45, 7) is 0. The number of nitrogens with two attached hydrogens (primary N) is 1. The normalized spacial score (nSPS) is 12.1. The minimum absolute atomic E-state index is 0.0229. The molecule has 140 valence electrons. The zero-order valence-corrected chi connectivity index (χ0v) is 16.3. The molecule has 3 aromatic rings. The monoisotopic (exact) mass is 403 g/mol. The van der Waals surface area contributed by atoms with Gasteiger partial charge >= 0.3 is 0 Å². The maximum absolute atomic E-state index is 11.6. The third-order valence-electron chi connectivity index (χ3n) is 3.96. The quantitative estimate of drug-likeness (QED) is 0.709. The van der Waals surface area contributed by atoms with Gasteiger partial charge in [-0.2, -0.15) is 0 Å². The number of nitrogens with zero attached hydrogens (tertiary/aromatic N) is 2. The number of hydrogen-bond donors (Lipinski definition) is 1. The largest absolute Gasteiger partial charge is 0.383 e. The van der Waals surface area contributed by atoms with Gasteiger partial charge < -0.3 is 5.73 Å². The van der Waals surface area contributed by atoms with Crippen LogP contribution in [0.4, 0.5) is 5.82 Å². The molecular formula is C18H17N3O4S2. The average molecular weight is 403 g/mol. The molecule has 0 atom stereocenters. The summed E-state index contributed by atoms with van der Waals surface area (Å²) in [5.41, 5.74) is 8.72. The first-order valence-electron chi connectivity index (χ1n) is 7.78. The van der Waals surface area contributed by atoms with Crippen LogP contribution < -0.4 is 5.73 Å². The van der Waals surface area contributed by atoms with Crippen LogP contribution in [0, 0.1) is 0 Å². The lowest BCUT2D eigenvalue weighted by Gasteiger charge is -2.09. The number of aromatic nitrogens is 2. The van der Waals surface area contributed by atoms with Crippen molar-refractivity contribution in [2.24, 2.45) is 0 Å². The van der Waals surface area contributed by atoms with Gasteiger partial charge in [0.05, 0.1) is 4.90 Å². The lowest BCUT2D eigenvalue weighted by atomic mass is 10.0. The molecule has 27 heavy (non-hydrogen) atoms. The van der Waals surface area contributed by atoms with Gasteiger partial charge in [0, 0.05) is 41.6 Å². The van der Waals surface area contributed by atoms with Crippen molar-refractivity contribution in [2.75, 3.05) is 18.2 Å². The fourth-order valence-electron chi connectivity index (χ4n) is 2.52. The summed E-state index contributed by atoms with van der Waals surface area (Å²) in [5, 5.41) is -0.0229. The van der Waals surface area contributed by atoms with Crippen molar-refractivity contribution < 1.29 is 16.8 Å². The second-order valence-electron chi connectivity index (χ2n) is 6.11. The van der Waals surface area contributed by atoms with Crippen LogP contribution in [0.2, 0.25) is 0 Å². The SMILES string of the molecule is CS(=O)(=O)c1ccc(-c2cnc(N)c(-c3ccc(S(C)(=O)=O)nc3)c2)cc1. The van der Waals surface area contributed by atoms with Crippen LogP contribution in [-0.4, -0.2) is 39.3 Å². The van der Waals surface area contributed by atoms with E-state index in [1.807, 2.05) is 0 Å². The van der Waals surface area contributed by atoms with Gasteiger partial charge in [-0.25, -0.2) is 26.8 Å². The molecule has 0 bridgehead atoms. The zero-order valence-electron chi connectivity index (χ0n) is 14.6. The highest BCUT2D eigenvalue weighted by molar-refractivity contribution is 7.91. The van der Waals surface area contributed by atoms with Gasteiger partial charge in [0.2, 0.25) is 0 Å². The Balaban J connectivity index is 2.02. The number of nitrogen functional groups attached to an aromatic ring is 1. The van der Waals surface area contributed by atoms with E-state index in [2.05, 4.69) is 9.97 Å². The van der Waals surface area contributed by atoms with Crippen molar-refractivity contribution in [3.8, 4) is 22.3 Å². The number of sulfone groups is 2. The van der Waals surface area contributed by atoms with E-state index >= 15 is 0 Å². The first kappa shape index (κ1) is 19.0. The van der Waals surface area contributed by atoms with Crippen molar-refractivity contribution in [1.29, 1.82) is 0 Å². The molecule has 0 radical (unpaired) electrons. The summed E-state index contributed by atoms with van der Waals surface area (Å²) in [5.74, 6) is 0.278. The molecule has 9 heteroatoms. The fraction of sp³-hybridized carbons (Fsp3) is 0.111. The molecule has 7 nitrogen and oxygen atoms in total. The first-order chi connectivity index (χ1) is 12.6. The maximum Gasteiger partial charge on any atom is 0.192 e. The van der Waals surface area contributed by atoms with Crippen molar-refractivity contribution >= 4 is 25.5 Å². The van der Waals surface area contributed by atoms with Crippen LogP contribution in [0.15, 0.2) is 64.8 Å². The Bertz CT molecular complexity index is 1200. The first-order valence-corrected chi connectivity index (χ1v) is 11.6. The van der Waals surface area contributed by atoms with E-state index < -0.39 is 19.7 Å². The molecule has 2 aromatic heterocycles. The molecule has 0 unspecified atom stereocenters. The van der Waals surface area contributed by atoms with Crippen molar-refractivity contribution in [1.82, 2.24) is 9.97 Å². The summed E-state index contributed by atoms with van der Waals surface area (Å²) in [7, 11) is -6.66. The van der Waals surface area contributed by atoms with E-state index in [4.69, 9.17) is 5.73 Å². The molecule has 0 saturated carbocycles. The van der Waals surface area contributed by atoms with Gasteiger partial charge in [-0.15, -0.1) is 0 Å². The van der Waals surface area contributed by atoms with Crippen LogP contribution >= 0.6 is 0 Å². The van der Waals surface area contributed by atoms with E-state index in [0.717, 1.165) is 23.6 Å². The Morgan fingerprint density at radius 2 is 1.33 bits per heavy atom. The molecule has 0 fully saturated rings. The Hall–Kier alpha value is -2.78.